The van der Waals surface area contributed by atoms with Gasteiger partial charge in [0.1, 0.15) is 5.75 Å². The molecule has 1 aromatic rings. The zero-order valence-electron chi connectivity index (χ0n) is 12.2. The largest absolute Gasteiger partial charge is 0.496 e. The predicted octanol–water partition coefficient (Wildman–Crippen LogP) is 2.13. The zero-order chi connectivity index (χ0) is 13.3. The van der Waals surface area contributed by atoms with Crippen molar-refractivity contribution in [1.82, 2.24) is 9.80 Å². The van der Waals surface area contributed by atoms with Crippen LogP contribution in [0.4, 0.5) is 0 Å². The molecule has 0 saturated heterocycles. The Morgan fingerprint density at radius 2 is 2.06 bits per heavy atom. The van der Waals surface area contributed by atoms with Crippen LogP contribution in [0.1, 0.15) is 23.6 Å². The minimum absolute atomic E-state index is 0.623. The maximum Gasteiger partial charge on any atom is 0.123 e. The normalized spacial score (nSPS) is 20.0. The SMILES string of the molecule is COc1cc2c(cc1CN(C)C)CC(C)N(C)C2. The van der Waals surface area contributed by atoms with E-state index >= 15 is 0 Å². The first kappa shape index (κ1) is 13.4. The van der Waals surface area contributed by atoms with Crippen LogP contribution in [-0.2, 0) is 19.5 Å². The minimum atomic E-state index is 0.623. The number of nitrogens with zero attached hydrogens (tertiary/aromatic N) is 2. The summed E-state index contributed by atoms with van der Waals surface area (Å²) in [5, 5.41) is 0. The van der Waals surface area contributed by atoms with Gasteiger partial charge < -0.3 is 9.64 Å². The van der Waals surface area contributed by atoms with Crippen molar-refractivity contribution in [1.29, 1.82) is 0 Å². The first-order valence-corrected chi connectivity index (χ1v) is 6.55. The highest BCUT2D eigenvalue weighted by molar-refractivity contribution is 5.44. The van der Waals surface area contributed by atoms with Crippen molar-refractivity contribution >= 4 is 0 Å². The molecular formula is C15H24N2O. The quantitative estimate of drug-likeness (QED) is 0.815. The lowest BCUT2D eigenvalue weighted by atomic mass is 9.93. The molecule has 1 atom stereocenters. The first-order valence-electron chi connectivity index (χ1n) is 6.55. The van der Waals surface area contributed by atoms with Crippen molar-refractivity contribution in [2.75, 3.05) is 28.3 Å². The summed E-state index contributed by atoms with van der Waals surface area (Å²) in [6.45, 7) is 4.24. The highest BCUT2D eigenvalue weighted by Crippen LogP contribution is 2.30. The highest BCUT2D eigenvalue weighted by atomic mass is 16.5. The average Bonchev–Trinajstić information content (AvgIpc) is 2.30. The van der Waals surface area contributed by atoms with Crippen LogP contribution < -0.4 is 4.74 Å². The molecule has 0 amide bonds. The number of benzene rings is 1. The molecule has 0 aromatic heterocycles. The Morgan fingerprint density at radius 3 is 2.67 bits per heavy atom. The molecule has 1 aromatic carbocycles. The third-order valence-corrected chi connectivity index (χ3v) is 3.78. The van der Waals surface area contributed by atoms with E-state index in [2.05, 4.69) is 50.0 Å². The van der Waals surface area contributed by atoms with E-state index in [1.165, 1.54) is 16.7 Å². The third-order valence-electron chi connectivity index (χ3n) is 3.78. The summed E-state index contributed by atoms with van der Waals surface area (Å²) in [5.74, 6) is 1.02. The topological polar surface area (TPSA) is 15.7 Å². The van der Waals surface area contributed by atoms with Crippen LogP contribution in [0.25, 0.3) is 0 Å². The summed E-state index contributed by atoms with van der Waals surface area (Å²) in [6, 6.07) is 5.17. The van der Waals surface area contributed by atoms with Gasteiger partial charge in [0.2, 0.25) is 0 Å². The van der Waals surface area contributed by atoms with Crippen molar-refractivity contribution in [2.24, 2.45) is 0 Å². The molecule has 1 heterocycles. The Hall–Kier alpha value is -1.06. The van der Waals surface area contributed by atoms with Crippen LogP contribution in [0, 0.1) is 0 Å². The van der Waals surface area contributed by atoms with Gasteiger partial charge in [0.05, 0.1) is 7.11 Å². The van der Waals surface area contributed by atoms with Crippen LogP contribution in [0.15, 0.2) is 12.1 Å². The smallest absolute Gasteiger partial charge is 0.123 e. The lowest BCUT2D eigenvalue weighted by Crippen LogP contribution is -2.35. The van der Waals surface area contributed by atoms with Crippen LogP contribution in [0.5, 0.6) is 5.75 Å². The summed E-state index contributed by atoms with van der Waals surface area (Å²) in [6.07, 6.45) is 1.14. The average molecular weight is 248 g/mol. The van der Waals surface area contributed by atoms with Gasteiger partial charge in [0, 0.05) is 24.7 Å². The van der Waals surface area contributed by atoms with Gasteiger partial charge in [-0.2, -0.15) is 0 Å². The number of methoxy groups -OCH3 is 1. The van der Waals surface area contributed by atoms with E-state index in [1.807, 2.05) is 0 Å². The van der Waals surface area contributed by atoms with E-state index in [1.54, 1.807) is 7.11 Å². The fourth-order valence-electron chi connectivity index (χ4n) is 2.61. The summed E-state index contributed by atoms with van der Waals surface area (Å²) < 4.78 is 5.53. The Balaban J connectivity index is 2.36. The molecule has 1 unspecified atom stereocenters. The Kier molecular flexibility index (Phi) is 3.93. The molecule has 0 radical (unpaired) electrons. The molecule has 0 bridgehead atoms. The van der Waals surface area contributed by atoms with Gasteiger partial charge in [-0.25, -0.2) is 0 Å². The molecule has 2 rings (SSSR count). The van der Waals surface area contributed by atoms with E-state index in [9.17, 15) is 0 Å². The Morgan fingerprint density at radius 1 is 1.33 bits per heavy atom. The van der Waals surface area contributed by atoms with Crippen LogP contribution in [0.3, 0.4) is 0 Å². The lowest BCUT2D eigenvalue weighted by molar-refractivity contribution is 0.230. The molecular weight excluding hydrogens is 224 g/mol. The van der Waals surface area contributed by atoms with E-state index < -0.39 is 0 Å². The predicted molar refractivity (Wildman–Crippen MR) is 75.0 cm³/mol. The third kappa shape index (κ3) is 2.68. The Labute approximate surface area is 110 Å². The summed E-state index contributed by atoms with van der Waals surface area (Å²) in [4.78, 5) is 4.58. The van der Waals surface area contributed by atoms with Crippen LogP contribution in [0.2, 0.25) is 0 Å². The Bertz CT molecular complexity index is 429. The number of likely N-dealkylation sites (N-methyl/N-ethyl adjacent to an activating group) is 1. The van der Waals surface area contributed by atoms with Gasteiger partial charge in [-0.1, -0.05) is 6.07 Å². The van der Waals surface area contributed by atoms with Crippen LogP contribution >= 0.6 is 0 Å². The number of hydrogen-bond donors (Lipinski definition) is 0. The lowest BCUT2D eigenvalue weighted by Gasteiger charge is -2.32. The monoisotopic (exact) mass is 248 g/mol. The molecule has 0 fully saturated rings. The second kappa shape index (κ2) is 5.29. The van der Waals surface area contributed by atoms with Crippen molar-refractivity contribution in [3.05, 3.63) is 28.8 Å². The number of rotatable bonds is 3. The molecule has 1 aliphatic heterocycles. The van der Waals surface area contributed by atoms with Crippen LogP contribution in [-0.4, -0.2) is 44.1 Å². The fourth-order valence-corrected chi connectivity index (χ4v) is 2.61. The minimum Gasteiger partial charge on any atom is -0.496 e. The molecule has 1 aliphatic rings. The summed E-state index contributed by atoms with van der Waals surface area (Å²) in [5.41, 5.74) is 4.19. The number of fused-ring (bicyclic) bond motifs is 1. The van der Waals surface area contributed by atoms with Gasteiger partial charge in [-0.15, -0.1) is 0 Å². The van der Waals surface area contributed by atoms with Gasteiger partial charge in [-0.05, 0) is 51.7 Å². The van der Waals surface area contributed by atoms with Crippen molar-refractivity contribution < 1.29 is 4.74 Å². The molecule has 18 heavy (non-hydrogen) atoms. The van der Waals surface area contributed by atoms with E-state index in [0.717, 1.165) is 25.3 Å². The molecule has 0 N–H and O–H groups in total. The number of hydrogen-bond acceptors (Lipinski definition) is 3. The molecule has 3 heteroatoms. The molecule has 0 saturated carbocycles. The number of ether oxygens (including phenoxy) is 1. The van der Waals surface area contributed by atoms with E-state index in [-0.39, 0.29) is 0 Å². The summed E-state index contributed by atoms with van der Waals surface area (Å²) >= 11 is 0. The van der Waals surface area contributed by atoms with E-state index in [4.69, 9.17) is 4.74 Å². The van der Waals surface area contributed by atoms with Gasteiger partial charge >= 0.3 is 0 Å². The fraction of sp³-hybridized carbons (Fsp3) is 0.600. The molecule has 0 aliphatic carbocycles. The van der Waals surface area contributed by atoms with Gasteiger partial charge in [-0.3, -0.25) is 4.90 Å². The second-order valence-electron chi connectivity index (χ2n) is 5.64. The standard InChI is InChI=1S/C15H24N2O/c1-11-6-12-7-14(9-16(2)3)15(18-5)8-13(12)10-17(11)4/h7-8,11H,6,9-10H2,1-5H3. The molecule has 100 valence electrons. The molecule has 0 spiro atoms. The van der Waals surface area contributed by atoms with Gasteiger partial charge in [0.15, 0.2) is 0 Å². The molecule has 3 nitrogen and oxygen atoms in total. The highest BCUT2D eigenvalue weighted by Gasteiger charge is 2.21. The second-order valence-corrected chi connectivity index (χ2v) is 5.64. The maximum absolute atomic E-state index is 5.53. The van der Waals surface area contributed by atoms with Crippen molar-refractivity contribution in [3.63, 3.8) is 0 Å². The summed E-state index contributed by atoms with van der Waals surface area (Å²) in [7, 11) is 8.13. The van der Waals surface area contributed by atoms with E-state index in [0.29, 0.717) is 6.04 Å². The van der Waals surface area contributed by atoms with Crippen molar-refractivity contribution in [2.45, 2.75) is 32.5 Å². The van der Waals surface area contributed by atoms with Crippen molar-refractivity contribution in [3.8, 4) is 5.75 Å². The maximum atomic E-state index is 5.53. The van der Waals surface area contributed by atoms with Gasteiger partial charge in [0.25, 0.3) is 0 Å². The zero-order valence-corrected chi connectivity index (χ0v) is 12.2. The first-order chi connectivity index (χ1) is 8.51.